The maximum absolute atomic E-state index is 13.6. The second-order valence-corrected chi connectivity index (χ2v) is 8.93. The Morgan fingerprint density at radius 3 is 2.13 bits per heavy atom. The number of anilines is 1. The van der Waals surface area contributed by atoms with E-state index in [0.29, 0.717) is 51.9 Å². The Kier molecular flexibility index (Phi) is 7.01. The molecule has 8 nitrogen and oxygen atoms in total. The number of aryl methyl sites for hydroxylation is 1. The van der Waals surface area contributed by atoms with Crippen LogP contribution < -0.4 is 4.90 Å². The maximum Gasteiger partial charge on any atom is 0.290 e. The number of hydrogen-bond acceptors (Lipinski definition) is 5. The summed E-state index contributed by atoms with van der Waals surface area (Å²) in [7, 11) is 2.01. The van der Waals surface area contributed by atoms with Gasteiger partial charge in [-0.05, 0) is 64.6 Å². The molecule has 4 rings (SSSR count). The van der Waals surface area contributed by atoms with Crippen LogP contribution in [0.15, 0.2) is 24.3 Å². The molecule has 1 spiro atoms. The number of likely N-dealkylation sites (tertiary alicyclic amines) is 2. The van der Waals surface area contributed by atoms with Gasteiger partial charge in [-0.1, -0.05) is 17.7 Å². The van der Waals surface area contributed by atoms with E-state index in [9.17, 15) is 14.7 Å². The summed E-state index contributed by atoms with van der Waals surface area (Å²) in [5, 5.41) is 18.0. The molecule has 3 fully saturated rings. The number of piperidine rings is 2. The zero-order valence-corrected chi connectivity index (χ0v) is 18.4. The molecule has 1 unspecified atom stereocenters. The molecule has 0 aliphatic carbocycles. The highest BCUT2D eigenvalue weighted by atomic mass is 16.3. The summed E-state index contributed by atoms with van der Waals surface area (Å²) in [6, 6.07) is 8.00. The molecule has 1 aromatic rings. The number of nitrogens with zero attached hydrogens (tertiary/aromatic N) is 3. The van der Waals surface area contributed by atoms with Gasteiger partial charge in [-0.15, -0.1) is 0 Å². The molecule has 8 heteroatoms. The topological polar surface area (TPSA) is 101 Å². The maximum atomic E-state index is 13.6. The number of carboxylic acid groups (broad SMARTS) is 1. The van der Waals surface area contributed by atoms with Crippen molar-refractivity contribution in [1.82, 2.24) is 9.80 Å². The Balaban J connectivity index is 0.000000858. The first-order chi connectivity index (χ1) is 14.8. The van der Waals surface area contributed by atoms with E-state index < -0.39 is 11.1 Å². The quantitative estimate of drug-likeness (QED) is 0.691. The Hall–Kier alpha value is -2.45. The summed E-state index contributed by atoms with van der Waals surface area (Å²) in [6.45, 7) is 4.42. The van der Waals surface area contributed by atoms with E-state index in [1.54, 1.807) is 4.90 Å². The van der Waals surface area contributed by atoms with E-state index >= 15 is 0 Å². The van der Waals surface area contributed by atoms with E-state index in [0.717, 1.165) is 24.1 Å². The van der Waals surface area contributed by atoms with Crippen LogP contribution in [0, 0.1) is 6.92 Å². The van der Waals surface area contributed by atoms with Gasteiger partial charge in [-0.25, -0.2) is 0 Å². The molecule has 31 heavy (non-hydrogen) atoms. The lowest BCUT2D eigenvalue weighted by atomic mass is 9.82. The average Bonchev–Trinajstić information content (AvgIpc) is 3.17. The van der Waals surface area contributed by atoms with Crippen LogP contribution in [-0.2, 0) is 14.4 Å². The van der Waals surface area contributed by atoms with Crippen LogP contribution in [0.25, 0.3) is 0 Å². The zero-order chi connectivity index (χ0) is 22.6. The molecule has 1 atom stereocenters. The summed E-state index contributed by atoms with van der Waals surface area (Å²) < 4.78 is 0. The molecular formula is C23H33N3O5. The van der Waals surface area contributed by atoms with Crippen LogP contribution >= 0.6 is 0 Å². The normalized spacial score (nSPS) is 25.8. The Morgan fingerprint density at radius 2 is 1.55 bits per heavy atom. The Labute approximate surface area is 183 Å². The number of rotatable bonds is 2. The highest BCUT2D eigenvalue weighted by Crippen LogP contribution is 2.41. The molecule has 3 aliphatic rings. The van der Waals surface area contributed by atoms with Gasteiger partial charge in [0.05, 0.1) is 0 Å². The lowest BCUT2D eigenvalue weighted by Crippen LogP contribution is -2.65. The molecule has 1 aromatic carbocycles. The molecule has 0 aromatic heterocycles. The van der Waals surface area contributed by atoms with Crippen molar-refractivity contribution in [2.24, 2.45) is 0 Å². The van der Waals surface area contributed by atoms with Gasteiger partial charge in [0.1, 0.15) is 11.1 Å². The van der Waals surface area contributed by atoms with Crippen molar-refractivity contribution in [2.45, 2.75) is 56.6 Å². The van der Waals surface area contributed by atoms with Crippen molar-refractivity contribution in [3.05, 3.63) is 29.8 Å². The first-order valence-corrected chi connectivity index (χ1v) is 11.0. The summed E-state index contributed by atoms with van der Waals surface area (Å²) in [6.07, 6.45) is 3.93. The predicted molar refractivity (Wildman–Crippen MR) is 117 cm³/mol. The molecule has 0 radical (unpaired) electrons. The highest BCUT2D eigenvalue weighted by molar-refractivity contribution is 6.04. The first kappa shape index (κ1) is 23.2. The molecule has 2 N–H and O–H groups in total. The second-order valence-electron chi connectivity index (χ2n) is 8.93. The molecule has 170 valence electrons. The van der Waals surface area contributed by atoms with E-state index in [1.165, 1.54) is 0 Å². The summed E-state index contributed by atoms with van der Waals surface area (Å²) >= 11 is 0. The molecule has 3 heterocycles. The van der Waals surface area contributed by atoms with Gasteiger partial charge >= 0.3 is 0 Å². The zero-order valence-electron chi connectivity index (χ0n) is 18.4. The van der Waals surface area contributed by atoms with Crippen molar-refractivity contribution < 1.29 is 24.6 Å². The minimum Gasteiger partial charge on any atom is -0.483 e. The minimum atomic E-state index is -1.34. The van der Waals surface area contributed by atoms with Gasteiger partial charge in [0.25, 0.3) is 18.3 Å². The number of amides is 2. The molecule has 0 bridgehead atoms. The second kappa shape index (κ2) is 9.36. The highest BCUT2D eigenvalue weighted by Gasteiger charge is 2.56. The SMILES string of the molecule is Cc1ccc(N2CCCC3(CCCN3C(=O)C3(O)CCN(C)CC3)C2=O)cc1.O=CO. The van der Waals surface area contributed by atoms with Gasteiger partial charge in [0.2, 0.25) is 0 Å². The molecule has 2 amide bonds. The molecule has 3 aliphatic heterocycles. The fourth-order valence-electron chi connectivity index (χ4n) is 5.07. The van der Waals surface area contributed by atoms with E-state index in [-0.39, 0.29) is 18.3 Å². The Bertz CT molecular complexity index is 804. The largest absolute Gasteiger partial charge is 0.483 e. The fraction of sp³-hybridized carbons (Fsp3) is 0.609. The van der Waals surface area contributed by atoms with Gasteiger partial charge in [-0.3, -0.25) is 14.4 Å². The van der Waals surface area contributed by atoms with Gasteiger partial charge < -0.3 is 24.9 Å². The van der Waals surface area contributed by atoms with Gasteiger partial charge in [-0.2, -0.15) is 0 Å². The lowest BCUT2D eigenvalue weighted by molar-refractivity contribution is -0.164. The monoisotopic (exact) mass is 431 g/mol. The molecule has 3 saturated heterocycles. The van der Waals surface area contributed by atoms with Gasteiger partial charge in [0.15, 0.2) is 0 Å². The number of benzene rings is 1. The summed E-state index contributed by atoms with van der Waals surface area (Å²) in [5.74, 6) is -0.220. The summed E-state index contributed by atoms with van der Waals surface area (Å²) in [4.78, 5) is 41.1. The van der Waals surface area contributed by atoms with Crippen molar-refractivity contribution in [1.29, 1.82) is 0 Å². The van der Waals surface area contributed by atoms with Crippen molar-refractivity contribution in [2.75, 3.05) is 38.1 Å². The molecule has 0 saturated carbocycles. The third-order valence-electron chi connectivity index (χ3n) is 6.91. The first-order valence-electron chi connectivity index (χ1n) is 11.0. The number of aliphatic hydroxyl groups is 1. The number of carbonyl (C=O) groups is 3. The van der Waals surface area contributed by atoms with E-state index in [4.69, 9.17) is 9.90 Å². The van der Waals surface area contributed by atoms with Crippen LogP contribution in [-0.4, -0.2) is 82.7 Å². The van der Waals surface area contributed by atoms with Crippen molar-refractivity contribution in [3.63, 3.8) is 0 Å². The van der Waals surface area contributed by atoms with Crippen molar-refractivity contribution >= 4 is 24.0 Å². The van der Waals surface area contributed by atoms with E-state index in [1.807, 2.05) is 43.1 Å². The molecular weight excluding hydrogens is 398 g/mol. The predicted octanol–water partition coefficient (Wildman–Crippen LogP) is 1.64. The average molecular weight is 432 g/mol. The smallest absolute Gasteiger partial charge is 0.290 e. The van der Waals surface area contributed by atoms with Crippen LogP contribution in [0.2, 0.25) is 0 Å². The lowest BCUT2D eigenvalue weighted by Gasteiger charge is -2.47. The fourth-order valence-corrected chi connectivity index (χ4v) is 5.07. The third kappa shape index (κ3) is 4.45. The van der Waals surface area contributed by atoms with E-state index in [2.05, 4.69) is 4.90 Å². The standard InChI is InChI=1S/C22H31N3O3.CH2O2/c1-17-5-7-18(8-6-17)24-13-3-9-21(19(24)26)10-4-14-25(21)20(27)22(28)11-15-23(2)16-12-22;2-1-3/h5-8,28H,3-4,9-16H2,1-2H3;1H,(H,2,3). The van der Waals surface area contributed by atoms with Gasteiger partial charge in [0, 0.05) is 31.9 Å². The van der Waals surface area contributed by atoms with Crippen LogP contribution in [0.1, 0.15) is 44.1 Å². The van der Waals surface area contributed by atoms with Crippen LogP contribution in [0.4, 0.5) is 5.69 Å². The van der Waals surface area contributed by atoms with Crippen LogP contribution in [0.3, 0.4) is 0 Å². The minimum absolute atomic E-state index is 0.0185. The summed E-state index contributed by atoms with van der Waals surface area (Å²) in [5.41, 5.74) is -0.0766. The Morgan fingerprint density at radius 1 is 1.00 bits per heavy atom. The van der Waals surface area contributed by atoms with Crippen molar-refractivity contribution in [3.8, 4) is 0 Å². The van der Waals surface area contributed by atoms with Crippen LogP contribution in [0.5, 0.6) is 0 Å². The third-order valence-corrected chi connectivity index (χ3v) is 6.91. The number of carbonyl (C=O) groups excluding carboxylic acids is 2. The number of hydrogen-bond donors (Lipinski definition) is 2.